The van der Waals surface area contributed by atoms with Gasteiger partial charge in [0.15, 0.2) is 0 Å². The monoisotopic (exact) mass is 151 g/mol. The SMILES string of the molecule is C=C(C#N)/C(F)=C\C(C)=C/C. The zero-order valence-electron chi connectivity index (χ0n) is 6.69. The molecule has 0 rings (SSSR count). The van der Waals surface area contributed by atoms with Gasteiger partial charge in [-0.05, 0) is 19.9 Å². The van der Waals surface area contributed by atoms with Crippen molar-refractivity contribution >= 4 is 0 Å². The molecule has 0 aromatic heterocycles. The van der Waals surface area contributed by atoms with Crippen molar-refractivity contribution in [3.63, 3.8) is 0 Å². The molecule has 0 saturated heterocycles. The molecule has 0 amide bonds. The summed E-state index contributed by atoms with van der Waals surface area (Å²) in [6.45, 7) is 6.78. The van der Waals surface area contributed by atoms with Crippen molar-refractivity contribution in [1.29, 1.82) is 5.26 Å². The Labute approximate surface area is 66.1 Å². The molecule has 0 aromatic rings. The van der Waals surface area contributed by atoms with Crippen LogP contribution in [0.4, 0.5) is 4.39 Å². The topological polar surface area (TPSA) is 23.8 Å². The number of hydrogen-bond donors (Lipinski definition) is 0. The summed E-state index contributed by atoms with van der Waals surface area (Å²) < 4.78 is 12.7. The molecule has 0 fully saturated rings. The van der Waals surface area contributed by atoms with Gasteiger partial charge in [-0.3, -0.25) is 0 Å². The maximum Gasteiger partial charge on any atom is 0.140 e. The minimum Gasteiger partial charge on any atom is -0.206 e. The predicted molar refractivity (Wildman–Crippen MR) is 43.4 cm³/mol. The Hall–Kier alpha value is -1.36. The third kappa shape index (κ3) is 3.36. The zero-order chi connectivity index (χ0) is 8.85. The highest BCUT2D eigenvalue weighted by Gasteiger charge is 1.98. The van der Waals surface area contributed by atoms with Crippen molar-refractivity contribution in [3.8, 4) is 6.07 Å². The lowest BCUT2D eigenvalue weighted by molar-refractivity contribution is 0.658. The molecule has 0 spiro atoms. The van der Waals surface area contributed by atoms with Crippen LogP contribution in [0.5, 0.6) is 0 Å². The molecule has 0 atom stereocenters. The summed E-state index contributed by atoms with van der Waals surface area (Å²) in [7, 11) is 0. The molecular formula is C9H10FN. The summed E-state index contributed by atoms with van der Waals surface area (Å²) in [6, 6.07) is 1.63. The van der Waals surface area contributed by atoms with Crippen LogP contribution < -0.4 is 0 Å². The molecule has 0 aliphatic rings. The molecule has 58 valence electrons. The van der Waals surface area contributed by atoms with Crippen LogP contribution in [0.2, 0.25) is 0 Å². The van der Waals surface area contributed by atoms with Crippen molar-refractivity contribution in [2.24, 2.45) is 0 Å². The number of halogens is 1. The molecule has 0 radical (unpaired) electrons. The van der Waals surface area contributed by atoms with Gasteiger partial charge in [0.1, 0.15) is 11.9 Å². The molecule has 1 nitrogen and oxygen atoms in total. The van der Waals surface area contributed by atoms with Gasteiger partial charge in [-0.15, -0.1) is 0 Å². The van der Waals surface area contributed by atoms with Crippen molar-refractivity contribution in [2.45, 2.75) is 13.8 Å². The predicted octanol–water partition coefficient (Wildman–Crippen LogP) is 2.89. The molecule has 0 aliphatic carbocycles. The normalized spacial score (nSPS) is 12.5. The number of hydrogen-bond acceptors (Lipinski definition) is 1. The zero-order valence-corrected chi connectivity index (χ0v) is 6.69. The van der Waals surface area contributed by atoms with Gasteiger partial charge in [0, 0.05) is 0 Å². The Morgan fingerprint density at radius 3 is 2.55 bits per heavy atom. The van der Waals surface area contributed by atoms with E-state index in [2.05, 4.69) is 6.58 Å². The summed E-state index contributed by atoms with van der Waals surface area (Å²) in [5, 5.41) is 8.24. The van der Waals surface area contributed by atoms with E-state index in [0.29, 0.717) is 0 Å². The van der Waals surface area contributed by atoms with Gasteiger partial charge < -0.3 is 0 Å². The Kier molecular flexibility index (Phi) is 3.90. The van der Waals surface area contributed by atoms with E-state index in [4.69, 9.17) is 5.26 Å². The van der Waals surface area contributed by atoms with E-state index in [1.54, 1.807) is 26.0 Å². The number of rotatable bonds is 2. The average Bonchev–Trinajstić information content (AvgIpc) is 2.02. The van der Waals surface area contributed by atoms with Crippen LogP contribution in [0.3, 0.4) is 0 Å². The Morgan fingerprint density at radius 2 is 2.18 bits per heavy atom. The van der Waals surface area contributed by atoms with Gasteiger partial charge in [0.2, 0.25) is 0 Å². The first-order chi connectivity index (χ1) is 5.11. The molecule has 0 aromatic carbocycles. The molecule has 0 N–H and O–H groups in total. The van der Waals surface area contributed by atoms with E-state index in [1.165, 1.54) is 6.08 Å². The third-order valence-electron chi connectivity index (χ3n) is 1.23. The Morgan fingerprint density at radius 1 is 1.64 bits per heavy atom. The first kappa shape index (κ1) is 9.64. The minimum atomic E-state index is -0.567. The van der Waals surface area contributed by atoms with Gasteiger partial charge in [0.25, 0.3) is 0 Å². The summed E-state index contributed by atoms with van der Waals surface area (Å²) in [5.41, 5.74) is 0.644. The lowest BCUT2D eigenvalue weighted by Crippen LogP contribution is -1.77. The fourth-order valence-electron chi connectivity index (χ4n) is 0.424. The van der Waals surface area contributed by atoms with Gasteiger partial charge in [-0.1, -0.05) is 18.2 Å². The standard InChI is InChI=1S/C9H10FN/c1-4-7(2)5-9(10)8(3)6-11/h4-5H,3H2,1-2H3/b7-4-,9-5+. The largest absolute Gasteiger partial charge is 0.206 e. The van der Waals surface area contributed by atoms with Crippen LogP contribution in [-0.2, 0) is 0 Å². The van der Waals surface area contributed by atoms with E-state index < -0.39 is 5.83 Å². The second kappa shape index (κ2) is 4.45. The minimum absolute atomic E-state index is 0.133. The van der Waals surface area contributed by atoms with Crippen molar-refractivity contribution in [3.05, 3.63) is 35.7 Å². The maximum absolute atomic E-state index is 12.7. The number of nitrogens with zero attached hydrogens (tertiary/aromatic N) is 1. The summed E-state index contributed by atoms with van der Waals surface area (Å²) in [5.74, 6) is -0.567. The van der Waals surface area contributed by atoms with Crippen LogP contribution in [0, 0.1) is 11.3 Å². The van der Waals surface area contributed by atoms with Crippen LogP contribution in [0.1, 0.15) is 13.8 Å². The summed E-state index contributed by atoms with van der Waals surface area (Å²) in [4.78, 5) is 0. The second-order valence-corrected chi connectivity index (χ2v) is 2.12. The number of allylic oxidation sites excluding steroid dienone is 5. The second-order valence-electron chi connectivity index (χ2n) is 2.12. The average molecular weight is 151 g/mol. The van der Waals surface area contributed by atoms with Crippen LogP contribution >= 0.6 is 0 Å². The van der Waals surface area contributed by atoms with Crippen LogP contribution in [-0.4, -0.2) is 0 Å². The quantitative estimate of drug-likeness (QED) is 0.439. The van der Waals surface area contributed by atoms with Gasteiger partial charge in [-0.2, -0.15) is 5.26 Å². The van der Waals surface area contributed by atoms with Gasteiger partial charge in [-0.25, -0.2) is 4.39 Å². The molecule has 0 heterocycles. The van der Waals surface area contributed by atoms with Crippen molar-refractivity contribution in [2.75, 3.05) is 0 Å². The van der Waals surface area contributed by atoms with Crippen LogP contribution in [0.25, 0.3) is 0 Å². The fraction of sp³-hybridized carbons (Fsp3) is 0.222. The highest BCUT2D eigenvalue weighted by atomic mass is 19.1. The third-order valence-corrected chi connectivity index (χ3v) is 1.23. The smallest absolute Gasteiger partial charge is 0.140 e. The molecule has 2 heteroatoms. The molecule has 0 unspecified atom stereocenters. The van der Waals surface area contributed by atoms with E-state index >= 15 is 0 Å². The van der Waals surface area contributed by atoms with Gasteiger partial charge in [0.05, 0.1) is 5.57 Å². The lowest BCUT2D eigenvalue weighted by Gasteiger charge is -1.91. The summed E-state index contributed by atoms with van der Waals surface area (Å²) >= 11 is 0. The van der Waals surface area contributed by atoms with Crippen molar-refractivity contribution < 1.29 is 4.39 Å². The fourth-order valence-corrected chi connectivity index (χ4v) is 0.424. The van der Waals surface area contributed by atoms with Crippen LogP contribution in [0.15, 0.2) is 35.7 Å². The lowest BCUT2D eigenvalue weighted by atomic mass is 10.2. The molecule has 11 heavy (non-hydrogen) atoms. The van der Waals surface area contributed by atoms with E-state index in [9.17, 15) is 4.39 Å². The van der Waals surface area contributed by atoms with E-state index in [0.717, 1.165) is 5.57 Å². The first-order valence-electron chi connectivity index (χ1n) is 3.21. The summed E-state index contributed by atoms with van der Waals surface area (Å²) in [6.07, 6.45) is 3.04. The van der Waals surface area contributed by atoms with E-state index in [1.807, 2.05) is 0 Å². The molecule has 0 saturated carbocycles. The first-order valence-corrected chi connectivity index (χ1v) is 3.21. The highest BCUT2D eigenvalue weighted by molar-refractivity contribution is 5.38. The molecule has 0 aliphatic heterocycles. The highest BCUT2D eigenvalue weighted by Crippen LogP contribution is 2.10. The molecular weight excluding hydrogens is 141 g/mol. The van der Waals surface area contributed by atoms with Gasteiger partial charge >= 0.3 is 0 Å². The Balaban J connectivity index is 4.50. The molecule has 0 bridgehead atoms. The Bertz CT molecular complexity index is 253. The van der Waals surface area contributed by atoms with Crippen molar-refractivity contribution in [1.82, 2.24) is 0 Å². The maximum atomic E-state index is 12.7. The van der Waals surface area contributed by atoms with E-state index in [-0.39, 0.29) is 5.57 Å². The number of nitriles is 1.